The van der Waals surface area contributed by atoms with Crippen LogP contribution in [0.25, 0.3) is 0 Å². The summed E-state index contributed by atoms with van der Waals surface area (Å²) < 4.78 is 5.91. The van der Waals surface area contributed by atoms with Gasteiger partial charge in [-0.1, -0.05) is 66.2 Å². The number of hydrogen-bond acceptors (Lipinski definition) is 3. The van der Waals surface area contributed by atoms with E-state index in [9.17, 15) is 9.90 Å². The number of nitrogens with zero attached hydrogens (tertiary/aromatic N) is 1. The highest BCUT2D eigenvalue weighted by atomic mass is 35.5. The summed E-state index contributed by atoms with van der Waals surface area (Å²) in [5.74, 6) is 0.00555. The van der Waals surface area contributed by atoms with Crippen LogP contribution in [0.4, 0.5) is 0 Å². The Morgan fingerprint density at radius 2 is 1.80 bits per heavy atom. The standard InChI is InChI=1S/C25H24ClNO3/c26-21-9-4-8-20(16-21)24(27-15-5-10-23(27)25(28)29)19-11-13-22(14-12-19)30-17-18-6-2-1-3-7-18/h1-4,6-9,11-14,16,23-24H,5,10,15,17H2,(H,28,29). The van der Waals surface area contributed by atoms with Crippen LogP contribution in [0.1, 0.15) is 35.6 Å². The van der Waals surface area contributed by atoms with Crippen molar-refractivity contribution >= 4 is 17.6 Å². The predicted molar refractivity (Wildman–Crippen MR) is 118 cm³/mol. The van der Waals surface area contributed by atoms with Crippen molar-refractivity contribution in [2.24, 2.45) is 0 Å². The zero-order valence-corrected chi connectivity index (χ0v) is 17.3. The maximum Gasteiger partial charge on any atom is 0.320 e. The summed E-state index contributed by atoms with van der Waals surface area (Å²) in [6.07, 6.45) is 1.52. The van der Waals surface area contributed by atoms with E-state index in [4.69, 9.17) is 16.3 Å². The first kappa shape index (κ1) is 20.5. The van der Waals surface area contributed by atoms with Crippen molar-refractivity contribution < 1.29 is 14.6 Å². The number of carboxylic acid groups (broad SMARTS) is 1. The molecule has 0 aliphatic carbocycles. The van der Waals surface area contributed by atoms with Gasteiger partial charge in [-0.05, 0) is 53.8 Å². The fourth-order valence-electron chi connectivity index (χ4n) is 4.10. The van der Waals surface area contributed by atoms with Gasteiger partial charge in [-0.2, -0.15) is 0 Å². The van der Waals surface area contributed by atoms with E-state index in [0.29, 0.717) is 18.1 Å². The van der Waals surface area contributed by atoms with Crippen molar-refractivity contribution in [3.63, 3.8) is 0 Å². The Bertz CT molecular complexity index is 991. The highest BCUT2D eigenvalue weighted by molar-refractivity contribution is 6.30. The molecular formula is C25H24ClNO3. The van der Waals surface area contributed by atoms with Gasteiger partial charge in [-0.25, -0.2) is 0 Å². The fourth-order valence-corrected chi connectivity index (χ4v) is 4.30. The molecule has 1 N–H and O–H groups in total. The molecule has 1 saturated heterocycles. The second-order valence-corrected chi connectivity index (χ2v) is 7.97. The Hall–Kier alpha value is -2.82. The van der Waals surface area contributed by atoms with E-state index in [0.717, 1.165) is 35.4 Å². The summed E-state index contributed by atoms with van der Waals surface area (Å²) in [5, 5.41) is 10.4. The molecule has 30 heavy (non-hydrogen) atoms. The van der Waals surface area contributed by atoms with Gasteiger partial charge in [0.15, 0.2) is 0 Å². The Kier molecular flexibility index (Phi) is 6.36. The van der Waals surface area contributed by atoms with Gasteiger partial charge in [-0.3, -0.25) is 9.69 Å². The van der Waals surface area contributed by atoms with Gasteiger partial charge < -0.3 is 9.84 Å². The van der Waals surface area contributed by atoms with E-state index in [1.54, 1.807) is 0 Å². The van der Waals surface area contributed by atoms with E-state index in [-0.39, 0.29) is 6.04 Å². The average Bonchev–Trinajstić information content (AvgIpc) is 3.24. The minimum absolute atomic E-state index is 0.171. The minimum atomic E-state index is -0.776. The molecule has 0 amide bonds. The first-order valence-corrected chi connectivity index (χ1v) is 10.5. The van der Waals surface area contributed by atoms with Crippen LogP contribution >= 0.6 is 11.6 Å². The summed E-state index contributed by atoms with van der Waals surface area (Å²) in [5.41, 5.74) is 3.13. The number of hydrogen-bond donors (Lipinski definition) is 1. The molecule has 1 aliphatic rings. The summed E-state index contributed by atoms with van der Waals surface area (Å²) in [7, 11) is 0. The molecule has 0 spiro atoms. The van der Waals surface area contributed by atoms with Crippen LogP contribution in [0.5, 0.6) is 5.75 Å². The molecule has 4 nitrogen and oxygen atoms in total. The topological polar surface area (TPSA) is 49.8 Å². The van der Waals surface area contributed by atoms with E-state index in [2.05, 4.69) is 4.90 Å². The lowest BCUT2D eigenvalue weighted by molar-refractivity contribution is -0.142. The SMILES string of the molecule is O=C(O)C1CCCN1C(c1ccc(OCc2ccccc2)cc1)c1cccc(Cl)c1. The van der Waals surface area contributed by atoms with Gasteiger partial charge in [0.25, 0.3) is 0 Å². The van der Waals surface area contributed by atoms with Gasteiger partial charge in [0.1, 0.15) is 18.4 Å². The van der Waals surface area contributed by atoms with Gasteiger partial charge in [0.05, 0.1) is 6.04 Å². The van der Waals surface area contributed by atoms with Crippen molar-refractivity contribution in [1.29, 1.82) is 0 Å². The normalized spacial score (nSPS) is 17.6. The van der Waals surface area contributed by atoms with Crippen molar-refractivity contribution in [2.75, 3.05) is 6.54 Å². The number of likely N-dealkylation sites (tertiary alicyclic amines) is 1. The molecular weight excluding hydrogens is 398 g/mol. The van der Waals surface area contributed by atoms with Crippen LogP contribution in [0, 0.1) is 0 Å². The third-order valence-corrected chi connectivity index (χ3v) is 5.75. The van der Waals surface area contributed by atoms with Crippen LogP contribution < -0.4 is 4.74 Å². The molecule has 0 aromatic heterocycles. The number of ether oxygens (including phenoxy) is 1. The van der Waals surface area contributed by atoms with E-state index in [1.807, 2.05) is 78.9 Å². The van der Waals surface area contributed by atoms with Gasteiger partial charge in [0, 0.05) is 11.6 Å². The summed E-state index contributed by atoms with van der Waals surface area (Å²) in [6.45, 7) is 1.24. The van der Waals surface area contributed by atoms with Crippen molar-refractivity contribution in [2.45, 2.75) is 31.5 Å². The van der Waals surface area contributed by atoms with Gasteiger partial charge in [-0.15, -0.1) is 0 Å². The number of aliphatic carboxylic acids is 1. The summed E-state index contributed by atoms with van der Waals surface area (Å²) in [4.78, 5) is 13.9. The quantitative estimate of drug-likeness (QED) is 0.542. The maximum absolute atomic E-state index is 11.8. The zero-order valence-electron chi connectivity index (χ0n) is 16.6. The highest BCUT2D eigenvalue weighted by Crippen LogP contribution is 2.36. The van der Waals surface area contributed by atoms with Crippen LogP contribution in [-0.4, -0.2) is 28.6 Å². The van der Waals surface area contributed by atoms with E-state index < -0.39 is 12.0 Å². The molecule has 1 aliphatic heterocycles. The Balaban J connectivity index is 1.59. The number of carbonyl (C=O) groups is 1. The summed E-state index contributed by atoms with van der Waals surface area (Å²) in [6, 6.07) is 25.0. The van der Waals surface area contributed by atoms with E-state index >= 15 is 0 Å². The molecule has 0 saturated carbocycles. The highest BCUT2D eigenvalue weighted by Gasteiger charge is 2.36. The summed E-state index contributed by atoms with van der Waals surface area (Å²) >= 11 is 6.25. The first-order valence-electron chi connectivity index (χ1n) is 10.1. The van der Waals surface area contributed by atoms with Crippen LogP contribution in [-0.2, 0) is 11.4 Å². The zero-order chi connectivity index (χ0) is 20.9. The molecule has 1 fully saturated rings. The average molecular weight is 422 g/mol. The number of halogens is 1. The molecule has 4 rings (SSSR count). The smallest absolute Gasteiger partial charge is 0.320 e. The predicted octanol–water partition coefficient (Wildman–Crippen LogP) is 5.56. The Morgan fingerprint density at radius 1 is 1.03 bits per heavy atom. The molecule has 3 aromatic rings. The number of carboxylic acids is 1. The largest absolute Gasteiger partial charge is 0.489 e. The maximum atomic E-state index is 11.8. The molecule has 0 radical (unpaired) electrons. The number of rotatable bonds is 7. The van der Waals surface area contributed by atoms with Crippen LogP contribution in [0.2, 0.25) is 5.02 Å². The van der Waals surface area contributed by atoms with Crippen LogP contribution in [0.3, 0.4) is 0 Å². The monoisotopic (exact) mass is 421 g/mol. The lowest BCUT2D eigenvalue weighted by atomic mass is 9.96. The van der Waals surface area contributed by atoms with Gasteiger partial charge in [0.2, 0.25) is 0 Å². The molecule has 3 aromatic carbocycles. The second kappa shape index (κ2) is 9.33. The van der Waals surface area contributed by atoms with Gasteiger partial charge >= 0.3 is 5.97 Å². The third kappa shape index (κ3) is 4.66. The fraction of sp³-hybridized carbons (Fsp3) is 0.240. The Morgan fingerprint density at radius 3 is 2.50 bits per heavy atom. The minimum Gasteiger partial charge on any atom is -0.489 e. The lowest BCUT2D eigenvalue weighted by Crippen LogP contribution is -2.39. The molecule has 2 atom stereocenters. The lowest BCUT2D eigenvalue weighted by Gasteiger charge is -2.32. The van der Waals surface area contributed by atoms with Crippen molar-refractivity contribution in [3.05, 3.63) is 101 Å². The molecule has 1 heterocycles. The third-order valence-electron chi connectivity index (χ3n) is 5.52. The molecule has 0 bridgehead atoms. The first-order chi connectivity index (χ1) is 14.6. The van der Waals surface area contributed by atoms with Crippen LogP contribution in [0.15, 0.2) is 78.9 Å². The second-order valence-electron chi connectivity index (χ2n) is 7.53. The molecule has 154 valence electrons. The Labute approximate surface area is 181 Å². The van der Waals surface area contributed by atoms with Crippen molar-refractivity contribution in [3.8, 4) is 5.75 Å². The van der Waals surface area contributed by atoms with E-state index in [1.165, 1.54) is 0 Å². The molecule has 5 heteroatoms. The molecule has 2 unspecified atom stereocenters. The van der Waals surface area contributed by atoms with Crippen molar-refractivity contribution in [1.82, 2.24) is 4.90 Å². The number of benzene rings is 3.